The number of halogens is 3. The Bertz CT molecular complexity index is 268. The molecule has 2 unspecified atom stereocenters. The van der Waals surface area contributed by atoms with Crippen molar-refractivity contribution in [1.82, 2.24) is 4.90 Å². The molecule has 0 aromatic carbocycles. The van der Waals surface area contributed by atoms with Gasteiger partial charge in [-0.15, -0.1) is 0 Å². The highest BCUT2D eigenvalue weighted by atomic mass is 35.6. The maximum absolute atomic E-state index is 11.8. The van der Waals surface area contributed by atoms with Gasteiger partial charge in [-0.2, -0.15) is 0 Å². The Kier molecular flexibility index (Phi) is 3.78. The quantitative estimate of drug-likeness (QED) is 0.726. The van der Waals surface area contributed by atoms with E-state index in [2.05, 4.69) is 0 Å². The van der Waals surface area contributed by atoms with Gasteiger partial charge in [-0.05, 0) is 6.92 Å². The van der Waals surface area contributed by atoms with Crippen molar-refractivity contribution in [2.24, 2.45) is 0 Å². The van der Waals surface area contributed by atoms with Gasteiger partial charge in [0.2, 0.25) is 3.79 Å². The summed E-state index contributed by atoms with van der Waals surface area (Å²) in [6.45, 7) is 2.18. The van der Waals surface area contributed by atoms with E-state index in [0.29, 0.717) is 13.2 Å². The fraction of sp³-hybridized carbons (Fsp3) is 0.875. The molecule has 1 N–H and O–H groups in total. The van der Waals surface area contributed by atoms with Crippen molar-refractivity contribution in [2.75, 3.05) is 20.2 Å². The number of hydrogen-bond donors (Lipinski definition) is 1. The van der Waals surface area contributed by atoms with Crippen LogP contribution in [0, 0.1) is 0 Å². The molecular formula is C8H12Cl3NO3. The molecule has 7 heteroatoms. The van der Waals surface area contributed by atoms with Gasteiger partial charge in [0.25, 0.3) is 5.91 Å². The molecule has 0 aromatic heterocycles. The first-order valence-corrected chi connectivity index (χ1v) is 5.47. The zero-order valence-corrected chi connectivity index (χ0v) is 10.6. The van der Waals surface area contributed by atoms with Crippen LogP contribution in [0.25, 0.3) is 0 Å². The van der Waals surface area contributed by atoms with Crippen LogP contribution in [0.4, 0.5) is 0 Å². The fourth-order valence-corrected chi connectivity index (χ4v) is 2.07. The number of aliphatic hydroxyl groups excluding tert-OH is 1. The highest BCUT2D eigenvalue weighted by molar-refractivity contribution is 6.68. The third-order valence-corrected chi connectivity index (χ3v) is 3.05. The van der Waals surface area contributed by atoms with Gasteiger partial charge in [-0.3, -0.25) is 4.79 Å². The summed E-state index contributed by atoms with van der Waals surface area (Å²) >= 11 is 16.6. The van der Waals surface area contributed by atoms with Crippen LogP contribution in [0.2, 0.25) is 0 Å². The highest BCUT2D eigenvalue weighted by Gasteiger charge is 2.53. The highest BCUT2D eigenvalue weighted by Crippen LogP contribution is 2.38. The number of carbonyl (C=O) groups excluding carboxylic acids is 1. The zero-order valence-electron chi connectivity index (χ0n) is 8.34. The van der Waals surface area contributed by atoms with Crippen molar-refractivity contribution in [3.05, 3.63) is 0 Å². The van der Waals surface area contributed by atoms with E-state index in [9.17, 15) is 9.90 Å². The minimum atomic E-state index is -1.96. The number of carbonyl (C=O) groups is 1. The molecule has 15 heavy (non-hydrogen) atoms. The van der Waals surface area contributed by atoms with E-state index in [1.54, 1.807) is 7.05 Å². The Morgan fingerprint density at radius 2 is 2.13 bits per heavy atom. The summed E-state index contributed by atoms with van der Waals surface area (Å²) in [7, 11) is 1.61. The normalized spacial score (nSPS) is 30.5. The molecule has 1 aliphatic rings. The smallest absolute Gasteiger partial charge is 0.257 e. The first kappa shape index (κ1) is 13.3. The SMILES string of the molecule is CN1CCOC(C)(C(O)C(Cl)(Cl)Cl)C1=O. The monoisotopic (exact) mass is 275 g/mol. The molecule has 0 aliphatic carbocycles. The van der Waals surface area contributed by atoms with E-state index in [4.69, 9.17) is 39.5 Å². The summed E-state index contributed by atoms with van der Waals surface area (Å²) in [6, 6.07) is 0. The van der Waals surface area contributed by atoms with Gasteiger partial charge < -0.3 is 14.7 Å². The minimum Gasteiger partial charge on any atom is -0.385 e. The van der Waals surface area contributed by atoms with Crippen molar-refractivity contribution in [3.63, 3.8) is 0 Å². The van der Waals surface area contributed by atoms with Gasteiger partial charge in [0.15, 0.2) is 5.60 Å². The summed E-state index contributed by atoms with van der Waals surface area (Å²) in [6.07, 6.45) is -1.51. The van der Waals surface area contributed by atoms with Crippen molar-refractivity contribution in [1.29, 1.82) is 0 Å². The lowest BCUT2D eigenvalue weighted by Crippen LogP contribution is -2.62. The topological polar surface area (TPSA) is 49.8 Å². The van der Waals surface area contributed by atoms with Crippen molar-refractivity contribution in [3.8, 4) is 0 Å². The maximum atomic E-state index is 11.8. The van der Waals surface area contributed by atoms with Crippen LogP contribution in [0.1, 0.15) is 6.92 Å². The maximum Gasteiger partial charge on any atom is 0.257 e. The Balaban J connectivity index is 2.94. The molecule has 0 bridgehead atoms. The van der Waals surface area contributed by atoms with E-state index in [1.165, 1.54) is 11.8 Å². The number of rotatable bonds is 1. The summed E-state index contributed by atoms with van der Waals surface area (Å²) < 4.78 is 3.29. The average Bonchev–Trinajstić information content (AvgIpc) is 2.11. The Morgan fingerprint density at radius 3 is 2.60 bits per heavy atom. The van der Waals surface area contributed by atoms with E-state index < -0.39 is 21.4 Å². The summed E-state index contributed by atoms with van der Waals surface area (Å²) in [5, 5.41) is 9.79. The number of amides is 1. The van der Waals surface area contributed by atoms with E-state index in [1.807, 2.05) is 0 Å². The van der Waals surface area contributed by atoms with Crippen molar-refractivity contribution >= 4 is 40.7 Å². The summed E-state index contributed by atoms with van der Waals surface area (Å²) in [4.78, 5) is 13.2. The number of ether oxygens (including phenoxy) is 1. The molecule has 4 nitrogen and oxygen atoms in total. The Labute approximate surface area is 103 Å². The fourth-order valence-electron chi connectivity index (χ4n) is 1.45. The van der Waals surface area contributed by atoms with Crippen molar-refractivity contribution < 1.29 is 14.6 Å². The molecular weight excluding hydrogens is 264 g/mol. The molecule has 1 saturated heterocycles. The molecule has 1 aliphatic heterocycles. The van der Waals surface area contributed by atoms with Crippen LogP contribution in [0.3, 0.4) is 0 Å². The molecule has 0 saturated carbocycles. The second-order valence-electron chi connectivity index (χ2n) is 3.63. The molecule has 2 atom stereocenters. The predicted molar refractivity (Wildman–Crippen MR) is 58.3 cm³/mol. The average molecular weight is 277 g/mol. The summed E-state index contributed by atoms with van der Waals surface area (Å²) in [5.41, 5.74) is -1.50. The lowest BCUT2D eigenvalue weighted by molar-refractivity contribution is -0.184. The van der Waals surface area contributed by atoms with E-state index in [-0.39, 0.29) is 0 Å². The van der Waals surface area contributed by atoms with Gasteiger partial charge in [0.1, 0.15) is 6.10 Å². The lowest BCUT2D eigenvalue weighted by atomic mass is 9.96. The number of morpholine rings is 1. The minimum absolute atomic E-state index is 0.302. The number of likely N-dealkylation sites (N-methyl/N-ethyl adjacent to an activating group) is 1. The third-order valence-electron chi connectivity index (χ3n) is 2.43. The zero-order chi connectivity index (χ0) is 11.9. The first-order chi connectivity index (χ1) is 6.69. The molecule has 1 heterocycles. The van der Waals surface area contributed by atoms with Crippen LogP contribution >= 0.6 is 34.8 Å². The predicted octanol–water partition coefficient (Wildman–Crippen LogP) is 0.965. The summed E-state index contributed by atoms with van der Waals surface area (Å²) in [5.74, 6) is -0.396. The number of nitrogens with zero attached hydrogens (tertiary/aromatic N) is 1. The Morgan fingerprint density at radius 1 is 1.60 bits per heavy atom. The second kappa shape index (κ2) is 4.26. The molecule has 0 aromatic rings. The van der Waals surface area contributed by atoms with E-state index >= 15 is 0 Å². The first-order valence-electron chi connectivity index (χ1n) is 4.34. The standard InChI is InChI=1S/C8H12Cl3NO3/c1-7(5(13)8(9,10)11)6(14)12(2)3-4-15-7/h5,13H,3-4H2,1-2H3. The van der Waals surface area contributed by atoms with Gasteiger partial charge >= 0.3 is 0 Å². The number of aliphatic hydroxyl groups is 1. The van der Waals surface area contributed by atoms with Crippen LogP contribution in [0.5, 0.6) is 0 Å². The van der Waals surface area contributed by atoms with Gasteiger partial charge in [-0.25, -0.2) is 0 Å². The van der Waals surface area contributed by atoms with Crippen LogP contribution < -0.4 is 0 Å². The lowest BCUT2D eigenvalue weighted by Gasteiger charge is -2.42. The van der Waals surface area contributed by atoms with Gasteiger partial charge in [0, 0.05) is 13.6 Å². The molecule has 1 rings (SSSR count). The number of alkyl halides is 3. The molecule has 1 amide bonds. The largest absolute Gasteiger partial charge is 0.385 e. The van der Waals surface area contributed by atoms with Gasteiger partial charge in [0.05, 0.1) is 6.61 Å². The second-order valence-corrected chi connectivity index (χ2v) is 6.00. The van der Waals surface area contributed by atoms with E-state index in [0.717, 1.165) is 0 Å². The molecule has 0 spiro atoms. The van der Waals surface area contributed by atoms with Crippen LogP contribution in [-0.2, 0) is 9.53 Å². The number of hydrogen-bond acceptors (Lipinski definition) is 3. The van der Waals surface area contributed by atoms with Crippen LogP contribution in [-0.4, -0.2) is 51.6 Å². The molecule has 1 fully saturated rings. The van der Waals surface area contributed by atoms with Crippen molar-refractivity contribution in [2.45, 2.75) is 22.4 Å². The molecule has 88 valence electrons. The van der Waals surface area contributed by atoms with Crippen LogP contribution in [0.15, 0.2) is 0 Å². The third kappa shape index (κ3) is 2.50. The Hall–Kier alpha value is 0.260. The molecule has 0 radical (unpaired) electrons. The van der Waals surface area contributed by atoms with Gasteiger partial charge in [-0.1, -0.05) is 34.8 Å².